The molecular formula is C16H11F3N4O4. The number of halogens is 3. The predicted octanol–water partition coefficient (Wildman–Crippen LogP) is 1.67. The van der Waals surface area contributed by atoms with Crippen LogP contribution in [0.15, 0.2) is 23.1 Å². The quantitative estimate of drug-likeness (QED) is 0.589. The van der Waals surface area contributed by atoms with Gasteiger partial charge in [-0.25, -0.2) is 22.9 Å². The Balaban J connectivity index is 2.62. The van der Waals surface area contributed by atoms with Gasteiger partial charge in [0.1, 0.15) is 16.8 Å². The number of nitrogens with two attached hydrogens (primary N) is 2. The molecule has 1 aromatic carbocycles. The molecular weight excluding hydrogens is 369 g/mol. The Bertz CT molecular complexity index is 1180. The zero-order valence-electron chi connectivity index (χ0n) is 13.6. The summed E-state index contributed by atoms with van der Waals surface area (Å²) in [7, 11) is 1.15. The first-order valence-corrected chi connectivity index (χ1v) is 7.23. The van der Waals surface area contributed by atoms with E-state index in [1.807, 2.05) is 0 Å². The predicted molar refractivity (Wildman–Crippen MR) is 89.6 cm³/mol. The van der Waals surface area contributed by atoms with Crippen LogP contribution >= 0.6 is 0 Å². The van der Waals surface area contributed by atoms with E-state index in [9.17, 15) is 27.9 Å². The van der Waals surface area contributed by atoms with Crippen LogP contribution in [-0.4, -0.2) is 27.7 Å². The number of ether oxygens (including phenoxy) is 1. The Morgan fingerprint density at radius 2 is 1.85 bits per heavy atom. The minimum absolute atomic E-state index is 0.255. The summed E-state index contributed by atoms with van der Waals surface area (Å²) >= 11 is 0. The molecule has 0 aliphatic rings. The van der Waals surface area contributed by atoms with E-state index in [1.165, 1.54) is 0 Å². The van der Waals surface area contributed by atoms with Gasteiger partial charge in [0.15, 0.2) is 29.1 Å². The van der Waals surface area contributed by atoms with Crippen molar-refractivity contribution in [2.75, 3.05) is 18.6 Å². The number of carboxylic acid groups (broad SMARTS) is 1. The Kier molecular flexibility index (Phi) is 4.14. The molecule has 3 aromatic rings. The molecule has 0 bridgehead atoms. The zero-order valence-corrected chi connectivity index (χ0v) is 13.6. The number of fused-ring (bicyclic) bond motifs is 1. The lowest BCUT2D eigenvalue weighted by Gasteiger charge is -2.17. The molecule has 140 valence electrons. The lowest BCUT2D eigenvalue weighted by atomic mass is 10.1. The van der Waals surface area contributed by atoms with Crippen LogP contribution in [-0.2, 0) is 0 Å². The Labute approximate surface area is 148 Å². The smallest absolute Gasteiger partial charge is 0.341 e. The monoisotopic (exact) mass is 380 g/mol. The highest BCUT2D eigenvalue weighted by Crippen LogP contribution is 2.33. The molecule has 0 saturated carbocycles. The topological polar surface area (TPSA) is 133 Å². The summed E-state index contributed by atoms with van der Waals surface area (Å²) in [6.45, 7) is 0. The number of carbonyl (C=O) groups is 1. The van der Waals surface area contributed by atoms with Crippen LogP contribution in [0, 0.1) is 17.5 Å². The van der Waals surface area contributed by atoms with Crippen LogP contribution in [0.25, 0.3) is 16.7 Å². The number of benzene rings is 1. The summed E-state index contributed by atoms with van der Waals surface area (Å²) in [5.74, 6) is -6.64. The summed E-state index contributed by atoms with van der Waals surface area (Å²) in [5.41, 5.74) is 8.10. The Morgan fingerprint density at radius 3 is 2.44 bits per heavy atom. The summed E-state index contributed by atoms with van der Waals surface area (Å²) in [5, 5.41) is 8.71. The van der Waals surface area contributed by atoms with Gasteiger partial charge in [-0.3, -0.25) is 9.36 Å². The molecule has 8 nitrogen and oxygen atoms in total. The van der Waals surface area contributed by atoms with Crippen LogP contribution in [0.5, 0.6) is 5.75 Å². The summed E-state index contributed by atoms with van der Waals surface area (Å²) in [4.78, 5) is 27.5. The van der Waals surface area contributed by atoms with Gasteiger partial charge in [-0.15, -0.1) is 0 Å². The van der Waals surface area contributed by atoms with Crippen molar-refractivity contribution in [3.05, 3.63) is 51.6 Å². The number of aromatic nitrogens is 2. The first-order chi connectivity index (χ1) is 12.7. The lowest BCUT2D eigenvalue weighted by molar-refractivity contribution is 0.0695. The number of methoxy groups -OCH3 is 1. The average Bonchev–Trinajstić information content (AvgIpc) is 2.61. The first-order valence-electron chi connectivity index (χ1n) is 7.23. The van der Waals surface area contributed by atoms with Crippen molar-refractivity contribution in [2.24, 2.45) is 0 Å². The highest BCUT2D eigenvalue weighted by atomic mass is 19.1. The molecule has 2 heterocycles. The number of hydrogen-bond acceptors (Lipinski definition) is 6. The van der Waals surface area contributed by atoms with Crippen molar-refractivity contribution >= 4 is 28.4 Å². The van der Waals surface area contributed by atoms with Crippen molar-refractivity contribution in [2.45, 2.75) is 0 Å². The Hall–Kier alpha value is -3.76. The highest BCUT2D eigenvalue weighted by Gasteiger charge is 2.24. The molecule has 0 radical (unpaired) electrons. The van der Waals surface area contributed by atoms with E-state index in [2.05, 4.69) is 4.98 Å². The second kappa shape index (κ2) is 6.20. The molecule has 0 aliphatic carbocycles. The van der Waals surface area contributed by atoms with Gasteiger partial charge in [0.25, 0.3) is 0 Å². The molecule has 11 heteroatoms. The maximum Gasteiger partial charge on any atom is 0.341 e. The van der Waals surface area contributed by atoms with E-state index in [1.54, 1.807) is 0 Å². The van der Waals surface area contributed by atoms with Gasteiger partial charge in [-0.05, 0) is 0 Å². The van der Waals surface area contributed by atoms with Gasteiger partial charge in [0.2, 0.25) is 5.43 Å². The third kappa shape index (κ3) is 2.69. The van der Waals surface area contributed by atoms with Gasteiger partial charge in [0, 0.05) is 18.3 Å². The van der Waals surface area contributed by atoms with Gasteiger partial charge in [-0.1, -0.05) is 0 Å². The largest absolute Gasteiger partial charge is 0.494 e. The number of nitrogens with zero attached hydrogens (tertiary/aromatic N) is 2. The standard InChI is InChI=1S/C16H11F3N4O4/c1-27-9-3-6(17)11(20)10-12(9)23(4-5(13(10)24)16(25)26)15-8(19)2-7(18)14(21)22-15/h2-4H,20H2,1H3,(H2,21,22)(H,25,26). The zero-order chi connectivity index (χ0) is 20.0. The van der Waals surface area contributed by atoms with Crippen molar-refractivity contribution < 1.29 is 27.8 Å². The molecule has 0 unspecified atom stereocenters. The summed E-state index contributed by atoms with van der Waals surface area (Å²) in [6.07, 6.45) is 0.746. The normalized spacial score (nSPS) is 11.0. The number of aromatic carboxylic acids is 1. The van der Waals surface area contributed by atoms with Crippen LogP contribution in [0.3, 0.4) is 0 Å². The summed E-state index contributed by atoms with van der Waals surface area (Å²) < 4.78 is 47.7. The molecule has 0 saturated heterocycles. The molecule has 0 fully saturated rings. The van der Waals surface area contributed by atoms with E-state index in [-0.39, 0.29) is 11.3 Å². The van der Waals surface area contributed by atoms with Crippen LogP contribution in [0.1, 0.15) is 10.4 Å². The maximum atomic E-state index is 14.3. The fraction of sp³-hybridized carbons (Fsp3) is 0.0625. The second-order valence-corrected chi connectivity index (χ2v) is 5.41. The van der Waals surface area contributed by atoms with Gasteiger partial charge < -0.3 is 21.3 Å². The Morgan fingerprint density at radius 1 is 1.19 bits per heavy atom. The van der Waals surface area contributed by atoms with Gasteiger partial charge in [0.05, 0.1) is 18.2 Å². The van der Waals surface area contributed by atoms with Crippen LogP contribution in [0.2, 0.25) is 0 Å². The third-order valence-corrected chi connectivity index (χ3v) is 3.84. The first kappa shape index (κ1) is 18.0. The fourth-order valence-electron chi connectivity index (χ4n) is 2.60. The minimum atomic E-state index is -1.67. The highest BCUT2D eigenvalue weighted by molar-refractivity contribution is 6.00. The number of rotatable bonds is 3. The van der Waals surface area contributed by atoms with Crippen LogP contribution < -0.4 is 21.6 Å². The van der Waals surface area contributed by atoms with Crippen molar-refractivity contribution in [1.82, 2.24) is 9.55 Å². The second-order valence-electron chi connectivity index (χ2n) is 5.41. The third-order valence-electron chi connectivity index (χ3n) is 3.84. The van der Waals surface area contributed by atoms with E-state index in [0.29, 0.717) is 6.07 Å². The molecule has 0 atom stereocenters. The van der Waals surface area contributed by atoms with Crippen LogP contribution in [0.4, 0.5) is 24.7 Å². The van der Waals surface area contributed by atoms with Gasteiger partial charge >= 0.3 is 5.97 Å². The average molecular weight is 380 g/mol. The molecule has 0 amide bonds. The summed E-state index contributed by atoms with van der Waals surface area (Å²) in [6, 6.07) is 1.26. The molecule has 2 aromatic heterocycles. The van der Waals surface area contributed by atoms with Crippen molar-refractivity contribution in [3.8, 4) is 11.6 Å². The van der Waals surface area contributed by atoms with Crippen molar-refractivity contribution in [1.29, 1.82) is 0 Å². The van der Waals surface area contributed by atoms with E-state index >= 15 is 0 Å². The fourth-order valence-corrected chi connectivity index (χ4v) is 2.60. The number of hydrogen-bond donors (Lipinski definition) is 3. The minimum Gasteiger partial charge on any atom is -0.494 e. The van der Waals surface area contributed by atoms with E-state index in [4.69, 9.17) is 16.2 Å². The number of pyridine rings is 2. The van der Waals surface area contributed by atoms with E-state index in [0.717, 1.165) is 23.9 Å². The molecule has 0 aliphatic heterocycles. The molecule has 3 rings (SSSR count). The number of carboxylic acids is 1. The molecule has 0 spiro atoms. The number of anilines is 2. The molecule has 5 N–H and O–H groups in total. The lowest BCUT2D eigenvalue weighted by Crippen LogP contribution is -2.21. The molecule has 27 heavy (non-hydrogen) atoms. The number of nitrogen functional groups attached to an aromatic ring is 2. The van der Waals surface area contributed by atoms with Crippen molar-refractivity contribution in [3.63, 3.8) is 0 Å². The SMILES string of the molecule is COc1cc(F)c(N)c2c(=O)c(C(=O)O)cn(-c3nc(N)c(F)cc3F)c12. The van der Waals surface area contributed by atoms with Gasteiger partial charge in [-0.2, -0.15) is 0 Å². The van der Waals surface area contributed by atoms with E-state index < -0.39 is 57.1 Å². The maximum absolute atomic E-state index is 14.3.